The summed E-state index contributed by atoms with van der Waals surface area (Å²) >= 11 is 9.20. The van der Waals surface area contributed by atoms with Gasteiger partial charge in [0.25, 0.3) is 0 Å². The van der Waals surface area contributed by atoms with Gasteiger partial charge in [0.05, 0.1) is 30.7 Å². The van der Waals surface area contributed by atoms with Crippen LogP contribution in [0.4, 0.5) is 0 Å². The van der Waals surface area contributed by atoms with Crippen LogP contribution in [0.3, 0.4) is 0 Å². The number of rotatable bonds is 5. The Kier molecular flexibility index (Phi) is 7.84. The summed E-state index contributed by atoms with van der Waals surface area (Å²) in [5, 5.41) is 3.66. The fourth-order valence-corrected chi connectivity index (χ4v) is 9.15. The molecule has 0 aliphatic carbocycles. The zero-order chi connectivity index (χ0) is 33.8. The summed E-state index contributed by atoms with van der Waals surface area (Å²) in [4.78, 5) is 5.29. The molecule has 0 unspecified atom stereocenters. The molecular formula is C45H28Br2N2S. The van der Waals surface area contributed by atoms with Gasteiger partial charge in [-0.2, -0.15) is 0 Å². The van der Waals surface area contributed by atoms with Gasteiger partial charge in [0.1, 0.15) is 0 Å². The zero-order valence-electron chi connectivity index (χ0n) is 26.8. The lowest BCUT2D eigenvalue weighted by atomic mass is 9.96. The van der Waals surface area contributed by atoms with Crippen LogP contribution in [-0.2, 0) is 0 Å². The molecule has 0 bridgehead atoms. The molecule has 50 heavy (non-hydrogen) atoms. The van der Waals surface area contributed by atoms with E-state index in [0.717, 1.165) is 64.2 Å². The van der Waals surface area contributed by atoms with Crippen molar-refractivity contribution >= 4 is 92.1 Å². The van der Waals surface area contributed by atoms with Crippen molar-refractivity contribution < 1.29 is 0 Å². The Morgan fingerprint density at radius 1 is 0.540 bits per heavy atom. The molecular weight excluding hydrogens is 760 g/mol. The number of nitrogens with zero attached hydrogens (tertiary/aromatic N) is 2. The summed E-state index contributed by atoms with van der Waals surface area (Å²) < 4.78 is 5.85. The van der Waals surface area contributed by atoms with Crippen LogP contribution >= 0.6 is 43.2 Å². The molecule has 3 heterocycles. The average Bonchev–Trinajstić information content (AvgIpc) is 3.57. The van der Waals surface area contributed by atoms with Crippen LogP contribution in [0.25, 0.3) is 60.0 Å². The third-order valence-electron chi connectivity index (χ3n) is 9.33. The fraction of sp³-hybridized carbons (Fsp3) is 0. The van der Waals surface area contributed by atoms with E-state index in [0.29, 0.717) is 0 Å². The van der Waals surface area contributed by atoms with Crippen LogP contribution in [-0.4, -0.2) is 10.3 Å². The highest BCUT2D eigenvalue weighted by Gasteiger charge is 2.18. The zero-order valence-corrected chi connectivity index (χ0v) is 30.8. The quantitative estimate of drug-likeness (QED) is 0.165. The van der Waals surface area contributed by atoms with Crippen LogP contribution in [0.15, 0.2) is 183 Å². The molecule has 0 fully saturated rings. The summed E-state index contributed by atoms with van der Waals surface area (Å²) in [6.45, 7) is 4.52. The molecule has 5 heteroatoms. The van der Waals surface area contributed by atoms with E-state index < -0.39 is 0 Å². The Hall–Kier alpha value is -5.07. The molecule has 8 aromatic rings. The Morgan fingerprint density at radius 2 is 1.20 bits per heavy atom. The summed E-state index contributed by atoms with van der Waals surface area (Å²) in [6.07, 6.45) is 4.28. The molecule has 9 rings (SSSR count). The first-order valence-corrected chi connectivity index (χ1v) is 18.8. The molecule has 0 saturated carbocycles. The smallest absolute Gasteiger partial charge is 0.0853 e. The number of para-hydroxylation sites is 1. The first-order valence-electron chi connectivity index (χ1n) is 16.4. The van der Waals surface area contributed by atoms with Gasteiger partial charge in [-0.05, 0) is 114 Å². The van der Waals surface area contributed by atoms with Gasteiger partial charge in [0, 0.05) is 37.7 Å². The lowest BCUT2D eigenvalue weighted by Gasteiger charge is -2.11. The van der Waals surface area contributed by atoms with Crippen molar-refractivity contribution in [3.05, 3.63) is 195 Å². The first kappa shape index (κ1) is 30.9. The van der Waals surface area contributed by atoms with Crippen LogP contribution in [0.1, 0.15) is 16.7 Å². The van der Waals surface area contributed by atoms with E-state index in [1.54, 1.807) is 11.3 Å². The molecule has 2 aromatic heterocycles. The van der Waals surface area contributed by atoms with Gasteiger partial charge in [0.15, 0.2) is 0 Å². The molecule has 0 amide bonds. The number of halogens is 2. The van der Waals surface area contributed by atoms with E-state index in [1.807, 2.05) is 12.1 Å². The maximum atomic E-state index is 5.29. The second-order valence-electron chi connectivity index (χ2n) is 12.4. The number of fused-ring (bicyclic) bond motifs is 4. The number of hydrogen-bond acceptors (Lipinski definition) is 2. The largest absolute Gasteiger partial charge is 0.309 e. The van der Waals surface area contributed by atoms with Crippen molar-refractivity contribution in [3.63, 3.8) is 0 Å². The number of aromatic nitrogens is 1. The monoisotopic (exact) mass is 786 g/mol. The first-order chi connectivity index (χ1) is 24.5. The van der Waals surface area contributed by atoms with Gasteiger partial charge in [-0.15, -0.1) is 11.3 Å². The Balaban J connectivity index is 1.18. The third-order valence-corrected chi connectivity index (χ3v) is 12.8. The van der Waals surface area contributed by atoms with Gasteiger partial charge in [0.2, 0.25) is 0 Å². The minimum atomic E-state index is 0.877. The molecule has 238 valence electrons. The van der Waals surface area contributed by atoms with Gasteiger partial charge in [-0.3, -0.25) is 0 Å². The minimum absolute atomic E-state index is 0.877. The number of aliphatic imine (C=N–C) groups is 1. The highest BCUT2D eigenvalue weighted by atomic mass is 79.9. The van der Waals surface area contributed by atoms with Crippen molar-refractivity contribution in [1.29, 1.82) is 0 Å². The molecule has 2 nitrogen and oxygen atoms in total. The molecule has 1 aliphatic rings. The van der Waals surface area contributed by atoms with E-state index in [1.165, 1.54) is 32.0 Å². The second-order valence-corrected chi connectivity index (χ2v) is 15.5. The normalized spacial score (nSPS) is 13.4. The molecule has 0 N–H and O–H groups in total. The lowest BCUT2D eigenvalue weighted by Crippen LogP contribution is -1.99. The fourth-order valence-electron chi connectivity index (χ4n) is 6.91. The molecule has 0 atom stereocenters. The van der Waals surface area contributed by atoms with Crippen LogP contribution in [0, 0.1) is 0 Å². The summed E-state index contributed by atoms with van der Waals surface area (Å²) in [5.74, 6) is 0. The van der Waals surface area contributed by atoms with Crippen molar-refractivity contribution in [2.75, 3.05) is 0 Å². The van der Waals surface area contributed by atoms with Crippen LogP contribution in [0.5, 0.6) is 0 Å². The SMILES string of the molecule is C=C1C=C(c2cccc(-n3c4ccccc4c4cc(-c5ccc6sc(Br)c(Br)c6c5)ccc43)c2)N=C(c2ccccc2)C=C1c1ccccc1. The van der Waals surface area contributed by atoms with Crippen LogP contribution in [0.2, 0.25) is 0 Å². The standard InChI is InChI=1S/C45H28Br2N2S/c1-28-23-39(48-40(30-13-6-3-7-14-30)27-36(28)29-11-4-2-5-12-29)33-15-10-16-34(24-33)49-41-18-9-8-17-35(41)37-25-31(19-21-42(37)49)32-20-22-43-38(26-32)44(46)45(47)50-43/h2-27H,1H2. The second kappa shape index (κ2) is 12.7. The highest BCUT2D eigenvalue weighted by Crippen LogP contribution is 2.42. The van der Waals surface area contributed by atoms with Crippen LogP contribution < -0.4 is 0 Å². The maximum absolute atomic E-state index is 5.29. The Labute approximate surface area is 311 Å². The minimum Gasteiger partial charge on any atom is -0.309 e. The van der Waals surface area contributed by atoms with Crippen molar-refractivity contribution in [2.24, 2.45) is 4.99 Å². The Morgan fingerprint density at radius 3 is 2.00 bits per heavy atom. The number of benzene rings is 6. The maximum Gasteiger partial charge on any atom is 0.0853 e. The van der Waals surface area contributed by atoms with E-state index in [9.17, 15) is 0 Å². The number of allylic oxidation sites excluding steroid dienone is 4. The number of hydrogen-bond donors (Lipinski definition) is 0. The predicted molar refractivity (Wildman–Crippen MR) is 222 cm³/mol. The number of thiophene rings is 1. The summed E-state index contributed by atoms with van der Waals surface area (Å²) in [6, 6.07) is 51.7. The predicted octanol–water partition coefficient (Wildman–Crippen LogP) is 13.7. The van der Waals surface area contributed by atoms with Crippen molar-refractivity contribution in [1.82, 2.24) is 4.57 Å². The molecule has 6 aromatic carbocycles. The average molecular weight is 789 g/mol. The van der Waals surface area contributed by atoms with E-state index in [-0.39, 0.29) is 0 Å². The Bertz CT molecular complexity index is 2730. The molecule has 0 radical (unpaired) electrons. The third kappa shape index (κ3) is 5.43. The van der Waals surface area contributed by atoms with Gasteiger partial charge in [-0.25, -0.2) is 4.99 Å². The van der Waals surface area contributed by atoms with Crippen molar-refractivity contribution in [2.45, 2.75) is 0 Å². The van der Waals surface area contributed by atoms with E-state index in [4.69, 9.17) is 4.99 Å². The van der Waals surface area contributed by atoms with Gasteiger partial charge < -0.3 is 4.57 Å². The molecule has 0 spiro atoms. The highest BCUT2D eigenvalue weighted by molar-refractivity contribution is 9.13. The molecule has 1 aliphatic heterocycles. The van der Waals surface area contributed by atoms with E-state index in [2.05, 4.69) is 189 Å². The van der Waals surface area contributed by atoms with Gasteiger partial charge in [-0.1, -0.05) is 110 Å². The van der Waals surface area contributed by atoms with Crippen molar-refractivity contribution in [3.8, 4) is 16.8 Å². The van der Waals surface area contributed by atoms with E-state index >= 15 is 0 Å². The van der Waals surface area contributed by atoms with Gasteiger partial charge >= 0.3 is 0 Å². The molecule has 0 saturated heterocycles. The summed E-state index contributed by atoms with van der Waals surface area (Å²) in [7, 11) is 0. The lowest BCUT2D eigenvalue weighted by molar-refractivity contribution is 1.18. The topological polar surface area (TPSA) is 17.3 Å². The summed E-state index contributed by atoms with van der Waals surface area (Å²) in [5.41, 5.74) is 12.8.